The van der Waals surface area contributed by atoms with Crippen molar-refractivity contribution >= 4 is 22.9 Å². The van der Waals surface area contributed by atoms with Crippen LogP contribution in [0, 0.1) is 17.6 Å². The number of pyridine rings is 2. The fourth-order valence-corrected chi connectivity index (χ4v) is 8.45. The Labute approximate surface area is 326 Å². The summed E-state index contributed by atoms with van der Waals surface area (Å²) in [7, 11) is 3.22. The van der Waals surface area contributed by atoms with Gasteiger partial charge in [0, 0.05) is 49.1 Å². The zero-order valence-electron chi connectivity index (χ0n) is 31.6. The van der Waals surface area contributed by atoms with Gasteiger partial charge in [0.15, 0.2) is 34.6 Å². The molecule has 4 fully saturated rings. The molecular weight excluding hydrogens is 738 g/mol. The third kappa shape index (κ3) is 6.75. The molecule has 4 N–H and O–H groups in total. The molecule has 6 atom stereocenters. The molecule has 296 valence electrons. The molecule has 2 aliphatic carbocycles. The second kappa shape index (κ2) is 14.4. The quantitative estimate of drug-likeness (QED) is 0.131. The number of piperidine rings is 2. The van der Waals surface area contributed by atoms with Crippen molar-refractivity contribution in [2.45, 2.75) is 74.7 Å². The smallest absolute Gasteiger partial charge is 0.165 e. The highest BCUT2D eigenvalue weighted by Gasteiger charge is 2.49. The Morgan fingerprint density at radius 1 is 0.772 bits per heavy atom. The summed E-state index contributed by atoms with van der Waals surface area (Å²) in [5.41, 5.74) is 4.99. The monoisotopic (exact) mass is 780 g/mol. The highest BCUT2D eigenvalue weighted by Crippen LogP contribution is 2.53. The van der Waals surface area contributed by atoms with Gasteiger partial charge in [-0.3, -0.25) is 0 Å². The van der Waals surface area contributed by atoms with Crippen LogP contribution in [0.3, 0.4) is 0 Å². The van der Waals surface area contributed by atoms with Crippen molar-refractivity contribution in [3.63, 3.8) is 0 Å². The summed E-state index contributed by atoms with van der Waals surface area (Å²) in [6, 6.07) is 8.90. The molecule has 6 unspecified atom stereocenters. The van der Waals surface area contributed by atoms with E-state index in [1.54, 1.807) is 47.8 Å². The molecule has 6 aromatic rings. The third-order valence-electron chi connectivity index (χ3n) is 11.8. The Morgan fingerprint density at radius 3 is 2.00 bits per heavy atom. The number of anilines is 2. The predicted molar refractivity (Wildman–Crippen MR) is 207 cm³/mol. The van der Waals surface area contributed by atoms with Gasteiger partial charge in [0.25, 0.3) is 0 Å². The maximum absolute atomic E-state index is 16.0. The van der Waals surface area contributed by atoms with E-state index in [9.17, 15) is 4.39 Å². The number of ether oxygens (including phenoxy) is 2. The van der Waals surface area contributed by atoms with Crippen LogP contribution in [0.25, 0.3) is 34.1 Å². The fourth-order valence-electron chi connectivity index (χ4n) is 8.45. The molecule has 0 amide bonds. The van der Waals surface area contributed by atoms with Crippen molar-refractivity contribution < 1.29 is 22.6 Å². The van der Waals surface area contributed by atoms with Gasteiger partial charge in [0.2, 0.25) is 0 Å². The number of nitrogens with zero attached hydrogens (tertiary/aromatic N) is 8. The summed E-state index contributed by atoms with van der Waals surface area (Å²) in [6.45, 7) is 1.98. The zero-order valence-corrected chi connectivity index (χ0v) is 31.6. The van der Waals surface area contributed by atoms with Crippen molar-refractivity contribution in [2.75, 3.05) is 44.5 Å². The van der Waals surface area contributed by atoms with Crippen molar-refractivity contribution in [3.8, 4) is 34.3 Å². The number of halogens is 3. The van der Waals surface area contributed by atoms with Gasteiger partial charge in [-0.05, 0) is 75.3 Å². The second-order valence-electron chi connectivity index (χ2n) is 15.6. The van der Waals surface area contributed by atoms with E-state index in [1.807, 2.05) is 12.1 Å². The van der Waals surface area contributed by atoms with Crippen LogP contribution in [0.1, 0.15) is 61.7 Å². The van der Waals surface area contributed by atoms with Crippen LogP contribution in [-0.2, 0) is 0 Å². The van der Waals surface area contributed by atoms with Gasteiger partial charge in [0.05, 0.1) is 44.0 Å². The lowest BCUT2D eigenvalue weighted by Gasteiger charge is -2.34. The van der Waals surface area contributed by atoms with E-state index in [1.165, 1.54) is 12.1 Å². The van der Waals surface area contributed by atoms with Crippen LogP contribution in [0.2, 0.25) is 0 Å². The molecule has 8 heterocycles. The van der Waals surface area contributed by atoms with E-state index in [0.717, 1.165) is 56.6 Å². The van der Waals surface area contributed by atoms with E-state index in [2.05, 4.69) is 41.2 Å². The number of aromatic nitrogens is 8. The number of rotatable bonds is 11. The minimum atomic E-state index is -1.26. The number of hydrogen-bond donors (Lipinski definition) is 4. The van der Waals surface area contributed by atoms with Gasteiger partial charge in [0.1, 0.15) is 40.4 Å². The van der Waals surface area contributed by atoms with Crippen molar-refractivity contribution in [1.82, 2.24) is 49.8 Å². The Hall–Kier alpha value is -5.55. The van der Waals surface area contributed by atoms with Crippen molar-refractivity contribution in [2.24, 2.45) is 5.92 Å². The molecule has 0 spiro atoms. The maximum Gasteiger partial charge on any atom is 0.165 e. The van der Waals surface area contributed by atoms with Gasteiger partial charge in [-0.25, -0.2) is 42.1 Å². The Bertz CT molecular complexity index is 2470. The molecule has 17 heteroatoms. The van der Waals surface area contributed by atoms with E-state index >= 15 is 8.78 Å². The summed E-state index contributed by atoms with van der Waals surface area (Å²) < 4.78 is 60.8. The fraction of sp³-hybridized carbons (Fsp3) is 0.450. The topological polar surface area (TPSA) is 153 Å². The van der Waals surface area contributed by atoms with Gasteiger partial charge < -0.3 is 30.7 Å². The third-order valence-corrected chi connectivity index (χ3v) is 11.8. The highest BCUT2D eigenvalue weighted by atomic mass is 19.1. The first-order valence-electron chi connectivity index (χ1n) is 19.7. The van der Waals surface area contributed by atoms with E-state index in [0.29, 0.717) is 51.5 Å². The summed E-state index contributed by atoms with van der Waals surface area (Å²) in [5, 5.41) is 23.0. The van der Waals surface area contributed by atoms with Crippen molar-refractivity contribution in [1.29, 1.82) is 0 Å². The maximum atomic E-state index is 16.0. The van der Waals surface area contributed by atoms with Crippen LogP contribution in [0.5, 0.6) is 11.5 Å². The standard InChI is InChI=1S/C40H43F3N12O2/c1-56-33-14-35-46-18-31(54(35)52-37(33)20-5-6-20)28-10-8-25(42)40(50-28)51-30-17-45-29(13-26(30)43)22-12-23(22)38-34(57-2)15-36-47-19-32(55(36)53-38)27-9-7-24(41)39(49-27)48-21-4-3-11-44-16-21/h7-10,14-15,18-23,26,29-30,44-45H,3-6,11-13,16-17H2,1-2H3,(H,48,49)(H,50,51). The molecule has 4 aliphatic rings. The lowest BCUT2D eigenvalue weighted by atomic mass is 9.94. The molecule has 2 aliphatic heterocycles. The number of methoxy groups -OCH3 is 2. The van der Waals surface area contributed by atoms with E-state index < -0.39 is 23.8 Å². The average molecular weight is 781 g/mol. The van der Waals surface area contributed by atoms with Crippen molar-refractivity contribution in [3.05, 3.63) is 71.8 Å². The normalized spacial score (nSPS) is 24.8. The van der Waals surface area contributed by atoms with Gasteiger partial charge in [-0.15, -0.1) is 0 Å². The number of nitrogens with one attached hydrogen (secondary N) is 4. The minimum absolute atomic E-state index is 0.0151. The van der Waals surface area contributed by atoms with Gasteiger partial charge in [-0.1, -0.05) is 0 Å². The molecular formula is C40H43F3N12O2. The molecule has 2 saturated heterocycles. The number of imidazole rings is 2. The average Bonchev–Trinajstić information content (AvgIpc) is 4.16. The summed E-state index contributed by atoms with van der Waals surface area (Å²) in [6.07, 6.45) is 7.13. The Balaban J connectivity index is 0.837. The first-order valence-corrected chi connectivity index (χ1v) is 19.7. The first-order chi connectivity index (χ1) is 27.8. The van der Waals surface area contributed by atoms with Crippen LogP contribution >= 0.6 is 0 Å². The highest BCUT2D eigenvalue weighted by molar-refractivity contribution is 5.64. The molecule has 0 bridgehead atoms. The molecule has 57 heavy (non-hydrogen) atoms. The van der Waals surface area contributed by atoms with E-state index in [4.69, 9.17) is 19.7 Å². The number of alkyl halides is 1. The Kier molecular flexibility index (Phi) is 9.07. The molecule has 10 rings (SSSR count). The van der Waals surface area contributed by atoms with Crippen LogP contribution in [0.15, 0.2) is 48.8 Å². The van der Waals surface area contributed by atoms with Crippen LogP contribution < -0.4 is 30.7 Å². The number of fused-ring (bicyclic) bond motifs is 2. The van der Waals surface area contributed by atoms with Crippen LogP contribution in [-0.4, -0.2) is 97.3 Å². The first kappa shape index (κ1) is 35.8. The molecule has 0 aromatic carbocycles. The predicted octanol–water partition coefficient (Wildman–Crippen LogP) is 5.52. The zero-order chi connectivity index (χ0) is 38.8. The SMILES string of the molecule is COc1cc2ncc(-c3ccc(F)c(NC4CNC(C5CC5c5nn6c(-c7ccc(F)c(NC8CCCNC8)n7)cnc6cc5OC)CC4F)n3)n2nc1C1CC1. The summed E-state index contributed by atoms with van der Waals surface area (Å²) >= 11 is 0. The van der Waals surface area contributed by atoms with Crippen LogP contribution in [0.4, 0.5) is 24.8 Å². The number of hydrogen-bond acceptors (Lipinski definition) is 12. The van der Waals surface area contributed by atoms with Gasteiger partial charge in [-0.2, -0.15) is 10.2 Å². The lowest BCUT2D eigenvalue weighted by Crippen LogP contribution is -2.52. The second-order valence-corrected chi connectivity index (χ2v) is 15.6. The lowest BCUT2D eigenvalue weighted by molar-refractivity contribution is 0.192. The Morgan fingerprint density at radius 2 is 1.40 bits per heavy atom. The molecule has 2 saturated carbocycles. The van der Waals surface area contributed by atoms with E-state index in [-0.39, 0.29) is 48.5 Å². The summed E-state index contributed by atoms with van der Waals surface area (Å²) in [5.74, 6) is 0.937. The largest absolute Gasteiger partial charge is 0.495 e. The minimum Gasteiger partial charge on any atom is -0.495 e. The molecule has 6 aromatic heterocycles. The molecule has 14 nitrogen and oxygen atoms in total. The molecule has 0 radical (unpaired) electrons. The summed E-state index contributed by atoms with van der Waals surface area (Å²) in [4.78, 5) is 18.3. The van der Waals surface area contributed by atoms with Gasteiger partial charge >= 0.3 is 0 Å².